The van der Waals surface area contributed by atoms with Gasteiger partial charge in [-0.2, -0.15) is 0 Å². The molecule has 0 bridgehead atoms. The summed E-state index contributed by atoms with van der Waals surface area (Å²) in [5.74, 6) is -2.17. The molecule has 2 heterocycles. The highest BCUT2D eigenvalue weighted by molar-refractivity contribution is 6.23. The number of fused-ring (bicyclic) bond motifs is 1. The molecule has 8 nitrogen and oxygen atoms in total. The maximum atomic E-state index is 12.2. The predicted molar refractivity (Wildman–Crippen MR) is 87.1 cm³/mol. The molecule has 5 amide bonds. The van der Waals surface area contributed by atoms with Gasteiger partial charge in [0.25, 0.3) is 11.8 Å². The van der Waals surface area contributed by atoms with Crippen molar-refractivity contribution >= 4 is 29.5 Å². The molecule has 132 valence electrons. The minimum absolute atomic E-state index is 0.00926. The van der Waals surface area contributed by atoms with Gasteiger partial charge in [-0.25, -0.2) is 0 Å². The van der Waals surface area contributed by atoms with E-state index in [4.69, 9.17) is 5.73 Å². The Hall–Kier alpha value is -3.03. The van der Waals surface area contributed by atoms with Crippen LogP contribution in [-0.2, 0) is 14.4 Å². The summed E-state index contributed by atoms with van der Waals surface area (Å²) in [6, 6.07) is 5.55. The van der Waals surface area contributed by atoms with Gasteiger partial charge < -0.3 is 5.73 Å². The second-order valence-electron chi connectivity index (χ2n) is 6.05. The number of nitrogens with two attached hydrogens (primary N) is 1. The molecule has 0 aromatic heterocycles. The smallest absolute Gasteiger partial charge is 0.262 e. The summed E-state index contributed by atoms with van der Waals surface area (Å²) in [5, 5.41) is 2.15. The van der Waals surface area contributed by atoms with E-state index in [1.807, 2.05) is 0 Å². The van der Waals surface area contributed by atoms with Gasteiger partial charge in [0.05, 0.1) is 11.1 Å². The lowest BCUT2D eigenvalue weighted by Crippen LogP contribution is -2.54. The van der Waals surface area contributed by atoms with Gasteiger partial charge in [0.2, 0.25) is 17.7 Å². The van der Waals surface area contributed by atoms with Gasteiger partial charge in [-0.15, -0.1) is 0 Å². The normalized spacial score (nSPS) is 19.3. The molecule has 1 aromatic rings. The van der Waals surface area contributed by atoms with E-state index in [2.05, 4.69) is 5.32 Å². The van der Waals surface area contributed by atoms with E-state index in [1.165, 1.54) is 0 Å². The predicted octanol–water partition coefficient (Wildman–Crippen LogP) is 0.215. The number of rotatable bonds is 2. The first-order valence-corrected chi connectivity index (χ1v) is 7.84. The van der Waals surface area contributed by atoms with Gasteiger partial charge in [0, 0.05) is 12.3 Å². The van der Waals surface area contributed by atoms with Crippen LogP contribution in [0, 0.1) is 5.92 Å². The Balaban J connectivity index is 0.000000326. The number of hydrogen-bond donors (Lipinski definition) is 2. The van der Waals surface area contributed by atoms with Crippen molar-refractivity contribution in [3.8, 4) is 0 Å². The number of benzene rings is 1. The van der Waals surface area contributed by atoms with Gasteiger partial charge >= 0.3 is 0 Å². The average Bonchev–Trinajstić information content (AvgIpc) is 2.80. The molecule has 0 spiro atoms. The Morgan fingerprint density at radius 2 is 1.60 bits per heavy atom. The van der Waals surface area contributed by atoms with Crippen molar-refractivity contribution in [2.45, 2.75) is 32.7 Å². The van der Waals surface area contributed by atoms with Crippen molar-refractivity contribution in [2.24, 2.45) is 11.7 Å². The Morgan fingerprint density at radius 1 is 1.12 bits per heavy atom. The van der Waals surface area contributed by atoms with Crippen LogP contribution in [-0.4, -0.2) is 40.5 Å². The second kappa shape index (κ2) is 7.25. The highest BCUT2D eigenvalue weighted by Crippen LogP contribution is 2.26. The zero-order valence-electron chi connectivity index (χ0n) is 13.9. The number of imide groups is 2. The van der Waals surface area contributed by atoms with Crippen LogP contribution in [0.2, 0.25) is 0 Å². The van der Waals surface area contributed by atoms with Crippen LogP contribution >= 0.6 is 0 Å². The molecule has 1 atom stereocenters. The highest BCUT2D eigenvalue weighted by atomic mass is 16.2. The molecule has 3 rings (SSSR count). The number of hydrogen-bond acceptors (Lipinski definition) is 5. The molecule has 1 fully saturated rings. The minimum Gasteiger partial charge on any atom is -0.369 e. The number of carbonyl (C=O) groups is 5. The molecule has 25 heavy (non-hydrogen) atoms. The van der Waals surface area contributed by atoms with Crippen LogP contribution in [0.1, 0.15) is 47.4 Å². The minimum atomic E-state index is -0.898. The van der Waals surface area contributed by atoms with Crippen molar-refractivity contribution < 1.29 is 24.0 Å². The van der Waals surface area contributed by atoms with Crippen LogP contribution < -0.4 is 11.1 Å². The largest absolute Gasteiger partial charge is 0.369 e. The van der Waals surface area contributed by atoms with E-state index in [0.717, 1.165) is 4.90 Å². The van der Waals surface area contributed by atoms with Crippen molar-refractivity contribution in [2.75, 3.05) is 0 Å². The van der Waals surface area contributed by atoms with Gasteiger partial charge in [0.1, 0.15) is 6.04 Å². The molecule has 1 unspecified atom stereocenters. The van der Waals surface area contributed by atoms with E-state index in [9.17, 15) is 24.0 Å². The molecule has 8 heteroatoms. The number of nitrogens with zero attached hydrogens (tertiary/aromatic N) is 1. The number of nitrogens with one attached hydrogen (secondary N) is 1. The lowest BCUT2D eigenvalue weighted by atomic mass is 10.0. The molecule has 1 saturated heterocycles. The van der Waals surface area contributed by atoms with E-state index in [-0.39, 0.29) is 30.6 Å². The molecular weight excluding hydrogens is 326 g/mol. The third-order valence-electron chi connectivity index (χ3n) is 3.92. The molecule has 1 aromatic carbocycles. The summed E-state index contributed by atoms with van der Waals surface area (Å²) in [7, 11) is 0. The molecule has 0 radical (unpaired) electrons. The molecule has 3 N–H and O–H groups in total. The van der Waals surface area contributed by atoms with Crippen LogP contribution in [0.4, 0.5) is 0 Å². The van der Waals surface area contributed by atoms with Crippen LogP contribution in [0.5, 0.6) is 0 Å². The zero-order chi connectivity index (χ0) is 18.7. The van der Waals surface area contributed by atoms with Crippen molar-refractivity contribution in [1.82, 2.24) is 10.2 Å². The summed E-state index contributed by atoms with van der Waals surface area (Å²) in [6.07, 6.45) is 0.306. The number of amides is 5. The number of primary amides is 1. The quantitative estimate of drug-likeness (QED) is 0.741. The van der Waals surface area contributed by atoms with Gasteiger partial charge in [-0.3, -0.25) is 34.2 Å². The molecule has 0 aliphatic carbocycles. The first-order chi connectivity index (χ1) is 11.7. The monoisotopic (exact) mass is 345 g/mol. The SMILES string of the molecule is CC(C)C(N)=O.O=C1CCC(N2C(=O)c3ccccc3C2=O)C(=O)N1. The molecule has 2 aliphatic heterocycles. The van der Waals surface area contributed by atoms with Crippen molar-refractivity contribution in [3.05, 3.63) is 35.4 Å². The molecular formula is C17H19N3O5. The van der Waals surface area contributed by atoms with Crippen molar-refractivity contribution in [1.29, 1.82) is 0 Å². The Labute approximate surface area is 144 Å². The van der Waals surface area contributed by atoms with Crippen LogP contribution in [0.3, 0.4) is 0 Å². The lowest BCUT2D eigenvalue weighted by molar-refractivity contribution is -0.136. The van der Waals surface area contributed by atoms with E-state index in [1.54, 1.807) is 38.1 Å². The molecule has 2 aliphatic rings. The summed E-state index contributed by atoms with van der Waals surface area (Å²) >= 11 is 0. The first-order valence-electron chi connectivity index (χ1n) is 7.84. The maximum absolute atomic E-state index is 12.2. The average molecular weight is 345 g/mol. The van der Waals surface area contributed by atoms with Gasteiger partial charge in [-0.05, 0) is 18.6 Å². The fourth-order valence-electron chi connectivity index (χ4n) is 2.42. The van der Waals surface area contributed by atoms with Crippen LogP contribution in [0.25, 0.3) is 0 Å². The van der Waals surface area contributed by atoms with E-state index in [0.29, 0.717) is 11.1 Å². The molecule has 0 saturated carbocycles. The fraction of sp³-hybridized carbons (Fsp3) is 0.353. The van der Waals surface area contributed by atoms with E-state index < -0.39 is 23.8 Å². The highest BCUT2D eigenvalue weighted by Gasteiger charge is 2.44. The summed E-state index contributed by atoms with van der Waals surface area (Å²) < 4.78 is 0. The topological polar surface area (TPSA) is 127 Å². The Kier molecular flexibility index (Phi) is 5.31. The number of carbonyl (C=O) groups excluding carboxylic acids is 5. The summed E-state index contributed by atoms with van der Waals surface area (Å²) in [4.78, 5) is 58.1. The van der Waals surface area contributed by atoms with Crippen molar-refractivity contribution in [3.63, 3.8) is 0 Å². The van der Waals surface area contributed by atoms with Gasteiger partial charge in [-0.1, -0.05) is 26.0 Å². The second-order valence-corrected chi connectivity index (χ2v) is 6.05. The summed E-state index contributed by atoms with van der Waals surface area (Å²) in [6.45, 7) is 3.53. The van der Waals surface area contributed by atoms with E-state index >= 15 is 0 Å². The number of piperidine rings is 1. The third-order valence-corrected chi connectivity index (χ3v) is 3.92. The fourth-order valence-corrected chi connectivity index (χ4v) is 2.42. The third kappa shape index (κ3) is 3.73. The Morgan fingerprint density at radius 3 is 2.00 bits per heavy atom. The Bertz CT molecular complexity index is 721. The maximum Gasteiger partial charge on any atom is 0.262 e. The van der Waals surface area contributed by atoms with Gasteiger partial charge in [0.15, 0.2) is 0 Å². The lowest BCUT2D eigenvalue weighted by Gasteiger charge is -2.27. The summed E-state index contributed by atoms with van der Waals surface area (Å²) in [5.41, 5.74) is 5.40. The standard InChI is InChI=1S/C13H10N2O4.C4H9NO/c16-10-6-5-9(11(17)14-10)15-12(18)7-3-1-2-4-8(7)13(15)19;1-3(2)4(5)6/h1-4,9H,5-6H2,(H,14,16,17);3H,1-2H3,(H2,5,6). The first kappa shape index (κ1) is 18.3. The van der Waals surface area contributed by atoms with Crippen LogP contribution in [0.15, 0.2) is 24.3 Å². The zero-order valence-corrected chi connectivity index (χ0v) is 13.9.